The molecule has 2 fully saturated rings. The van der Waals surface area contributed by atoms with Crippen LogP contribution < -0.4 is 5.32 Å². The Bertz CT molecular complexity index is 342. The van der Waals surface area contributed by atoms with E-state index in [1.54, 1.807) is 0 Å². The second-order valence-electron chi connectivity index (χ2n) is 7.10. The first-order valence-electron chi connectivity index (χ1n) is 8.35. The zero-order valence-electron chi connectivity index (χ0n) is 12.9. The van der Waals surface area contributed by atoms with Gasteiger partial charge in [0.05, 0.1) is 0 Å². The minimum atomic E-state index is 0.557. The van der Waals surface area contributed by atoms with Gasteiger partial charge in [0.1, 0.15) is 0 Å². The summed E-state index contributed by atoms with van der Waals surface area (Å²) in [4.78, 5) is 7.30. The first-order valence-corrected chi connectivity index (χ1v) is 9.34. The maximum atomic E-state index is 4.86. The van der Waals surface area contributed by atoms with E-state index < -0.39 is 0 Å². The lowest BCUT2D eigenvalue weighted by molar-refractivity contribution is 0.219. The van der Waals surface area contributed by atoms with Gasteiger partial charge >= 0.3 is 0 Å². The molecule has 4 heteroatoms. The lowest BCUT2D eigenvalue weighted by Crippen LogP contribution is -2.40. The molecule has 0 bridgehead atoms. The van der Waals surface area contributed by atoms with E-state index in [2.05, 4.69) is 17.3 Å². The van der Waals surface area contributed by atoms with E-state index in [0.29, 0.717) is 5.41 Å². The number of nitrogens with zero attached hydrogens (tertiary/aromatic N) is 2. The lowest BCUT2D eigenvalue weighted by Gasteiger charge is -2.38. The Labute approximate surface area is 128 Å². The average molecular weight is 295 g/mol. The molecule has 20 heavy (non-hydrogen) atoms. The molecule has 0 unspecified atom stereocenters. The lowest BCUT2D eigenvalue weighted by atomic mass is 9.75. The Hall–Kier alpha value is -0.220. The molecule has 0 aromatic carbocycles. The molecule has 0 aromatic rings. The summed E-state index contributed by atoms with van der Waals surface area (Å²) in [7, 11) is 2.23. The van der Waals surface area contributed by atoms with Crippen molar-refractivity contribution in [1.29, 1.82) is 0 Å². The predicted molar refractivity (Wildman–Crippen MR) is 88.5 cm³/mol. The largest absolute Gasteiger partial charge is 0.365 e. The summed E-state index contributed by atoms with van der Waals surface area (Å²) in [6.45, 7) is 4.73. The quantitative estimate of drug-likeness (QED) is 0.849. The van der Waals surface area contributed by atoms with Gasteiger partial charge in [-0.1, -0.05) is 31.0 Å². The van der Waals surface area contributed by atoms with E-state index in [0.717, 1.165) is 19.0 Å². The van der Waals surface area contributed by atoms with Crippen LogP contribution in [0.3, 0.4) is 0 Å². The van der Waals surface area contributed by atoms with Gasteiger partial charge in [0, 0.05) is 18.8 Å². The van der Waals surface area contributed by atoms with E-state index in [4.69, 9.17) is 4.99 Å². The highest BCUT2D eigenvalue weighted by atomic mass is 32.2. The number of aliphatic imine (C=N–C) groups is 1. The Morgan fingerprint density at radius 2 is 2.00 bits per heavy atom. The Balaban J connectivity index is 1.43. The molecule has 0 aromatic heterocycles. The highest BCUT2D eigenvalue weighted by Crippen LogP contribution is 2.41. The predicted octanol–water partition coefficient (Wildman–Crippen LogP) is 2.97. The second-order valence-corrected chi connectivity index (χ2v) is 8.06. The zero-order valence-corrected chi connectivity index (χ0v) is 13.7. The Morgan fingerprint density at radius 1 is 1.25 bits per heavy atom. The highest BCUT2D eigenvalue weighted by Gasteiger charge is 2.34. The van der Waals surface area contributed by atoms with Gasteiger partial charge in [-0.05, 0) is 57.2 Å². The van der Waals surface area contributed by atoms with Gasteiger partial charge in [0.25, 0.3) is 0 Å². The molecule has 114 valence electrons. The summed E-state index contributed by atoms with van der Waals surface area (Å²) in [6.07, 6.45) is 9.79. The standard InChI is InChI=1S/C16H29N3S/c1-19-9-5-14(6-10-19)11-17-15-18-12-16(13-20-15)7-3-2-4-8-16/h14H,2-13H2,1H3,(H,17,18). The Morgan fingerprint density at radius 3 is 2.65 bits per heavy atom. The van der Waals surface area contributed by atoms with Crippen LogP contribution in [0.1, 0.15) is 44.9 Å². The molecule has 1 spiro atoms. The maximum Gasteiger partial charge on any atom is 0.156 e. The molecule has 1 N–H and O–H groups in total. The molecule has 0 amide bonds. The van der Waals surface area contributed by atoms with Crippen LogP contribution in [-0.4, -0.2) is 49.0 Å². The molecular formula is C16H29N3S. The van der Waals surface area contributed by atoms with Gasteiger partial charge in [-0.25, -0.2) is 0 Å². The minimum absolute atomic E-state index is 0.557. The molecule has 0 atom stereocenters. The number of piperidine rings is 1. The zero-order chi connectivity index (χ0) is 13.8. The summed E-state index contributed by atoms with van der Waals surface area (Å²) >= 11 is 1.99. The number of hydrogen-bond acceptors (Lipinski definition) is 4. The minimum Gasteiger partial charge on any atom is -0.365 e. The summed E-state index contributed by atoms with van der Waals surface area (Å²) in [5.74, 6) is 2.15. The van der Waals surface area contributed by atoms with E-state index in [1.807, 2.05) is 11.8 Å². The van der Waals surface area contributed by atoms with Crippen LogP contribution in [0.15, 0.2) is 4.99 Å². The fraction of sp³-hybridized carbons (Fsp3) is 0.938. The van der Waals surface area contributed by atoms with Gasteiger partial charge in [-0.15, -0.1) is 0 Å². The summed E-state index contributed by atoms with van der Waals surface area (Å²) < 4.78 is 0. The molecular weight excluding hydrogens is 266 g/mol. The van der Waals surface area contributed by atoms with Gasteiger partial charge in [0.15, 0.2) is 5.17 Å². The van der Waals surface area contributed by atoms with Crippen molar-refractivity contribution in [1.82, 2.24) is 10.2 Å². The van der Waals surface area contributed by atoms with Gasteiger partial charge in [0.2, 0.25) is 0 Å². The summed E-state index contributed by atoms with van der Waals surface area (Å²) in [5, 5.41) is 4.84. The smallest absolute Gasteiger partial charge is 0.156 e. The van der Waals surface area contributed by atoms with Crippen molar-refractivity contribution in [2.45, 2.75) is 44.9 Å². The van der Waals surface area contributed by atoms with Gasteiger partial charge in [-0.3, -0.25) is 4.99 Å². The normalized spacial score (nSPS) is 28.4. The Kier molecular flexibility index (Phi) is 4.92. The van der Waals surface area contributed by atoms with Gasteiger partial charge < -0.3 is 10.2 Å². The van der Waals surface area contributed by atoms with Crippen molar-refractivity contribution in [3.05, 3.63) is 0 Å². The third-order valence-corrected chi connectivity index (χ3v) is 6.67. The van der Waals surface area contributed by atoms with E-state index in [1.165, 1.54) is 69.0 Å². The van der Waals surface area contributed by atoms with Crippen molar-refractivity contribution in [2.75, 3.05) is 39.0 Å². The molecule has 1 aliphatic carbocycles. The highest BCUT2D eigenvalue weighted by molar-refractivity contribution is 8.13. The van der Waals surface area contributed by atoms with Crippen molar-refractivity contribution in [3.8, 4) is 0 Å². The fourth-order valence-corrected chi connectivity index (χ4v) is 4.93. The third-order valence-electron chi connectivity index (χ3n) is 5.37. The molecule has 2 heterocycles. The van der Waals surface area contributed by atoms with E-state index >= 15 is 0 Å². The van der Waals surface area contributed by atoms with Crippen LogP contribution in [0, 0.1) is 11.3 Å². The monoisotopic (exact) mass is 295 g/mol. The van der Waals surface area contributed by atoms with Crippen LogP contribution >= 0.6 is 11.8 Å². The number of rotatable bonds is 2. The third kappa shape index (κ3) is 3.70. The van der Waals surface area contributed by atoms with Crippen LogP contribution in [0.5, 0.6) is 0 Å². The van der Waals surface area contributed by atoms with Crippen LogP contribution in [0.4, 0.5) is 0 Å². The van der Waals surface area contributed by atoms with Gasteiger partial charge in [-0.2, -0.15) is 0 Å². The topological polar surface area (TPSA) is 27.6 Å². The fourth-order valence-electron chi connectivity index (χ4n) is 3.76. The first-order chi connectivity index (χ1) is 9.76. The number of hydrogen-bond donors (Lipinski definition) is 1. The second kappa shape index (κ2) is 6.69. The molecule has 2 aliphatic heterocycles. The SMILES string of the molecule is CN1CCC(CNC2=NCC3(CCCCC3)CS2)CC1. The number of nitrogens with one attached hydrogen (secondary N) is 1. The van der Waals surface area contributed by atoms with E-state index in [-0.39, 0.29) is 0 Å². The van der Waals surface area contributed by atoms with Crippen LogP contribution in [0.25, 0.3) is 0 Å². The number of amidine groups is 1. The molecule has 3 nitrogen and oxygen atoms in total. The number of thioether (sulfide) groups is 1. The van der Waals surface area contributed by atoms with Crippen molar-refractivity contribution >= 4 is 16.9 Å². The van der Waals surface area contributed by atoms with Crippen molar-refractivity contribution in [2.24, 2.45) is 16.3 Å². The first kappa shape index (κ1) is 14.7. The summed E-state index contributed by atoms with van der Waals surface area (Å²) in [5.41, 5.74) is 0.557. The molecule has 0 radical (unpaired) electrons. The average Bonchev–Trinajstić information content (AvgIpc) is 2.49. The molecule has 1 saturated heterocycles. The molecule has 3 rings (SSSR count). The maximum absolute atomic E-state index is 4.86. The number of likely N-dealkylation sites (tertiary alicyclic amines) is 1. The molecule has 3 aliphatic rings. The molecule has 1 saturated carbocycles. The van der Waals surface area contributed by atoms with Crippen molar-refractivity contribution in [3.63, 3.8) is 0 Å². The van der Waals surface area contributed by atoms with E-state index in [9.17, 15) is 0 Å². The van der Waals surface area contributed by atoms with Crippen LogP contribution in [0.2, 0.25) is 0 Å². The van der Waals surface area contributed by atoms with Crippen molar-refractivity contribution < 1.29 is 0 Å². The summed E-state index contributed by atoms with van der Waals surface area (Å²) in [6, 6.07) is 0. The van der Waals surface area contributed by atoms with Crippen LogP contribution in [-0.2, 0) is 0 Å².